The third-order valence-corrected chi connectivity index (χ3v) is 2.04. The van der Waals surface area contributed by atoms with Crippen molar-refractivity contribution < 1.29 is 13.0 Å². The molecule has 0 heterocycles. The Hall–Kier alpha value is -0.620. The number of hydrogen-bond acceptors (Lipinski definition) is 3. The summed E-state index contributed by atoms with van der Waals surface area (Å²) in [6.45, 7) is 0. The predicted octanol–water partition coefficient (Wildman–Crippen LogP) is 1.84. The van der Waals surface area contributed by atoms with Gasteiger partial charge < -0.3 is 0 Å². The summed E-state index contributed by atoms with van der Waals surface area (Å²) in [7, 11) is 1.50. The van der Waals surface area contributed by atoms with Crippen LogP contribution in [0.5, 0.6) is 0 Å². The smallest absolute Gasteiger partial charge is 0.282 e. The molecule has 1 unspecified atom stereocenters. The minimum atomic E-state index is -2.34. The molecule has 0 fully saturated rings. The normalized spacial score (nSPS) is 12.5. The van der Waals surface area contributed by atoms with Crippen molar-refractivity contribution in [2.24, 2.45) is 0 Å². The van der Waals surface area contributed by atoms with Crippen LogP contribution in [-0.4, -0.2) is 15.8 Å². The van der Waals surface area contributed by atoms with Gasteiger partial charge in [-0.05, 0) is 12.1 Å². The molecule has 0 aliphatic carbocycles. The van der Waals surface area contributed by atoms with Gasteiger partial charge >= 0.3 is 11.4 Å². The summed E-state index contributed by atoms with van der Waals surface area (Å²) in [4.78, 5) is 0. The molecule has 1 N–H and O–H groups in total. The zero-order chi connectivity index (χ0) is 9.84. The van der Waals surface area contributed by atoms with Crippen LogP contribution in [0.25, 0.3) is 0 Å². The lowest BCUT2D eigenvalue weighted by molar-refractivity contribution is 0.295. The predicted molar refractivity (Wildman–Crippen MR) is 51.7 cm³/mol. The molecule has 1 aromatic carbocycles. The molecule has 1 aromatic rings. The number of halogens is 1. The maximum absolute atomic E-state index is 10.3. The zero-order valence-electron chi connectivity index (χ0n) is 6.81. The average molecular weight is 222 g/mol. The Morgan fingerprint density at radius 2 is 2.15 bits per heavy atom. The highest BCUT2D eigenvalue weighted by molar-refractivity contribution is 7.74. The fourth-order valence-corrected chi connectivity index (χ4v) is 1.37. The van der Waals surface area contributed by atoms with Gasteiger partial charge in [0.2, 0.25) is 0 Å². The second-order valence-electron chi connectivity index (χ2n) is 2.24. The van der Waals surface area contributed by atoms with Crippen LogP contribution in [0.4, 0.5) is 5.69 Å². The summed E-state index contributed by atoms with van der Waals surface area (Å²) in [5.74, 6) is 0. The maximum Gasteiger partial charge on any atom is 0.325 e. The number of hydrogen-bond donors (Lipinski definition) is 1. The summed E-state index contributed by atoms with van der Waals surface area (Å²) in [6.07, 6.45) is 0. The lowest BCUT2D eigenvalue weighted by atomic mass is 10.3. The van der Waals surface area contributed by atoms with Crippen molar-refractivity contribution in [1.82, 2.24) is 0 Å². The fourth-order valence-electron chi connectivity index (χ4n) is 0.843. The molecule has 0 aliphatic rings. The molecule has 0 radical (unpaired) electrons. The highest BCUT2D eigenvalue weighted by Gasteiger charge is 2.07. The molecule has 0 bridgehead atoms. The van der Waals surface area contributed by atoms with E-state index >= 15 is 0 Å². The van der Waals surface area contributed by atoms with Crippen molar-refractivity contribution in [3.8, 4) is 0 Å². The van der Waals surface area contributed by atoms with E-state index in [1.165, 1.54) is 7.05 Å². The van der Waals surface area contributed by atoms with Crippen LogP contribution in [0.1, 0.15) is 0 Å². The summed E-state index contributed by atoms with van der Waals surface area (Å²) < 4.78 is 23.2. The minimum Gasteiger partial charge on any atom is -0.282 e. The maximum atomic E-state index is 10.3. The largest absolute Gasteiger partial charge is 0.325 e. The number of nitrogens with zero attached hydrogens (tertiary/aromatic N) is 1. The second-order valence-corrected chi connectivity index (χ2v) is 3.23. The summed E-state index contributed by atoms with van der Waals surface area (Å²) in [6, 6.07) is 6.85. The highest BCUT2D eigenvalue weighted by Crippen LogP contribution is 2.24. The third kappa shape index (κ3) is 2.96. The Labute approximate surface area is 83.5 Å². The first-order valence-corrected chi connectivity index (χ1v) is 4.80. The van der Waals surface area contributed by atoms with Gasteiger partial charge in [0.05, 0.1) is 10.7 Å². The van der Waals surface area contributed by atoms with E-state index in [1.54, 1.807) is 24.3 Å². The number of benzene rings is 1. The lowest BCUT2D eigenvalue weighted by Crippen LogP contribution is -2.19. The van der Waals surface area contributed by atoms with Gasteiger partial charge in [-0.25, -0.2) is 5.06 Å². The average Bonchev–Trinajstić information content (AvgIpc) is 2.03. The number of rotatable bonds is 3. The van der Waals surface area contributed by atoms with Gasteiger partial charge in [-0.2, -0.15) is 4.21 Å². The van der Waals surface area contributed by atoms with Crippen LogP contribution < -0.4 is 5.06 Å². The van der Waals surface area contributed by atoms with E-state index in [2.05, 4.69) is 4.28 Å². The molecule has 0 saturated carbocycles. The molecule has 0 aliphatic heterocycles. The van der Waals surface area contributed by atoms with Crippen LogP contribution in [0.3, 0.4) is 0 Å². The van der Waals surface area contributed by atoms with Gasteiger partial charge in [0.1, 0.15) is 0 Å². The molecule has 0 aromatic heterocycles. The van der Waals surface area contributed by atoms with Crippen molar-refractivity contribution in [1.29, 1.82) is 0 Å². The molecular weight excluding hydrogens is 214 g/mol. The SMILES string of the molecule is CN(OS(=O)O)c1ccccc1Cl. The van der Waals surface area contributed by atoms with E-state index in [0.717, 1.165) is 5.06 Å². The third-order valence-electron chi connectivity index (χ3n) is 1.37. The summed E-state index contributed by atoms with van der Waals surface area (Å²) in [5, 5.41) is 1.59. The standard InChI is InChI=1S/C7H8ClNO3S/c1-9(12-13(10)11)7-5-3-2-4-6(7)8/h2-5H,1H3,(H,10,11). The van der Waals surface area contributed by atoms with Crippen LogP contribution in [0.2, 0.25) is 5.02 Å². The molecule has 1 atom stereocenters. The van der Waals surface area contributed by atoms with Gasteiger partial charge in [0.25, 0.3) is 0 Å². The first kappa shape index (κ1) is 10.5. The van der Waals surface area contributed by atoms with E-state index in [9.17, 15) is 4.21 Å². The van der Waals surface area contributed by atoms with Crippen LogP contribution >= 0.6 is 11.6 Å². The van der Waals surface area contributed by atoms with E-state index in [4.69, 9.17) is 16.2 Å². The first-order valence-electron chi connectivity index (χ1n) is 3.39. The van der Waals surface area contributed by atoms with Crippen LogP contribution in [0, 0.1) is 0 Å². The van der Waals surface area contributed by atoms with Crippen molar-refractivity contribution in [3.05, 3.63) is 29.3 Å². The molecule has 4 nitrogen and oxygen atoms in total. The topological polar surface area (TPSA) is 49.8 Å². The van der Waals surface area contributed by atoms with Gasteiger partial charge in [-0.15, -0.1) is 4.28 Å². The van der Waals surface area contributed by atoms with Crippen molar-refractivity contribution >= 4 is 28.6 Å². The summed E-state index contributed by atoms with van der Waals surface area (Å²) >= 11 is 3.46. The molecular formula is C7H8ClNO3S. The number of anilines is 1. The Morgan fingerprint density at radius 3 is 2.69 bits per heavy atom. The Balaban J connectivity index is 2.82. The van der Waals surface area contributed by atoms with E-state index in [0.29, 0.717) is 10.7 Å². The molecule has 13 heavy (non-hydrogen) atoms. The Bertz CT molecular complexity index is 320. The number of hydroxylamine groups is 1. The van der Waals surface area contributed by atoms with E-state index < -0.39 is 11.4 Å². The van der Waals surface area contributed by atoms with Crippen LogP contribution in [0.15, 0.2) is 24.3 Å². The van der Waals surface area contributed by atoms with Gasteiger partial charge in [-0.3, -0.25) is 4.55 Å². The zero-order valence-corrected chi connectivity index (χ0v) is 8.38. The second kappa shape index (κ2) is 4.57. The Morgan fingerprint density at radius 1 is 1.54 bits per heavy atom. The first-order chi connectivity index (χ1) is 6.11. The van der Waals surface area contributed by atoms with Crippen molar-refractivity contribution in [3.63, 3.8) is 0 Å². The Kier molecular flexibility index (Phi) is 3.68. The van der Waals surface area contributed by atoms with Crippen LogP contribution in [-0.2, 0) is 15.6 Å². The summed E-state index contributed by atoms with van der Waals surface area (Å²) in [5.41, 5.74) is 0.534. The molecule has 72 valence electrons. The van der Waals surface area contributed by atoms with Gasteiger partial charge in [-0.1, -0.05) is 23.7 Å². The van der Waals surface area contributed by atoms with Gasteiger partial charge in [0.15, 0.2) is 0 Å². The van der Waals surface area contributed by atoms with E-state index in [-0.39, 0.29) is 0 Å². The quantitative estimate of drug-likeness (QED) is 0.625. The fraction of sp³-hybridized carbons (Fsp3) is 0.143. The number of para-hydroxylation sites is 1. The monoisotopic (exact) mass is 221 g/mol. The minimum absolute atomic E-state index is 0.454. The molecule has 0 spiro atoms. The van der Waals surface area contributed by atoms with Crippen molar-refractivity contribution in [2.45, 2.75) is 0 Å². The highest BCUT2D eigenvalue weighted by atomic mass is 35.5. The molecule has 6 heteroatoms. The lowest BCUT2D eigenvalue weighted by Gasteiger charge is -2.15. The molecule has 0 amide bonds. The van der Waals surface area contributed by atoms with Gasteiger partial charge in [0, 0.05) is 7.05 Å². The van der Waals surface area contributed by atoms with Crippen molar-refractivity contribution in [2.75, 3.05) is 12.1 Å². The van der Waals surface area contributed by atoms with E-state index in [1.807, 2.05) is 0 Å². The molecule has 0 saturated heterocycles. The molecule has 1 rings (SSSR count).